The van der Waals surface area contributed by atoms with Gasteiger partial charge in [-0.15, -0.1) is 9.93 Å². The van der Waals surface area contributed by atoms with Crippen molar-refractivity contribution in [2.75, 3.05) is 38.0 Å². The molecule has 0 spiro atoms. The first kappa shape index (κ1) is 11.4. The third kappa shape index (κ3) is 9.42. The Morgan fingerprint density at radius 3 is 2.67 bits per heavy atom. The van der Waals surface area contributed by atoms with Gasteiger partial charge in [-0.25, -0.2) is 0 Å². The zero-order valence-corrected chi connectivity index (χ0v) is 8.33. The van der Waals surface area contributed by atoms with Crippen LogP contribution >= 0.6 is 0 Å². The molecular formula is C6H15N3O2S. The summed E-state index contributed by atoms with van der Waals surface area (Å²) >= 11 is 0. The Kier molecular flexibility index (Phi) is 5.70. The van der Waals surface area contributed by atoms with Crippen molar-refractivity contribution >= 4 is 9.93 Å². The second-order valence-corrected chi connectivity index (χ2v) is 6.46. The van der Waals surface area contributed by atoms with Gasteiger partial charge in [0, 0.05) is 17.2 Å². The van der Waals surface area contributed by atoms with Gasteiger partial charge in [-0.3, -0.25) is 4.21 Å². The van der Waals surface area contributed by atoms with Gasteiger partial charge in [0.15, 0.2) is 0 Å². The Bertz CT molecular complexity index is 207. The van der Waals surface area contributed by atoms with E-state index in [1.807, 2.05) is 0 Å². The summed E-state index contributed by atoms with van der Waals surface area (Å²) in [4.78, 5) is 2.57. The third-order valence-electron chi connectivity index (χ3n) is 1.17. The van der Waals surface area contributed by atoms with Crippen molar-refractivity contribution in [1.29, 1.82) is 0 Å². The molecule has 0 atom stereocenters. The summed E-state index contributed by atoms with van der Waals surface area (Å²) in [5, 5.41) is 3.29. The lowest BCUT2D eigenvalue weighted by Crippen LogP contribution is -2.17. The van der Waals surface area contributed by atoms with Crippen LogP contribution in [0.3, 0.4) is 0 Å². The predicted octanol–water partition coefficient (Wildman–Crippen LogP) is 0.590. The van der Waals surface area contributed by atoms with E-state index in [4.69, 9.17) is 10.3 Å². The van der Waals surface area contributed by atoms with Crippen LogP contribution in [0.1, 0.15) is 0 Å². The molecule has 5 nitrogen and oxygen atoms in total. The fourth-order valence-corrected chi connectivity index (χ4v) is 1.11. The van der Waals surface area contributed by atoms with Crippen LogP contribution < -0.4 is 0 Å². The second kappa shape index (κ2) is 5.99. The lowest BCUT2D eigenvalue weighted by Gasteiger charge is -2.10. The van der Waals surface area contributed by atoms with Crippen molar-refractivity contribution in [3.63, 3.8) is 0 Å². The number of azide groups is 1. The fraction of sp³-hybridized carbons (Fsp3) is 1.00. The number of nitrogens with zero attached hydrogens (tertiary/aromatic N) is 3. The Morgan fingerprint density at radius 2 is 2.17 bits per heavy atom. The molecule has 6 heteroatoms. The summed E-state index contributed by atoms with van der Waals surface area (Å²) < 4.78 is 16.2. The van der Waals surface area contributed by atoms with Crippen molar-refractivity contribution in [1.82, 2.24) is 0 Å². The Hall–Kier alpha value is -0.580. The molecule has 0 rings (SSSR count). The van der Waals surface area contributed by atoms with E-state index in [0.29, 0.717) is 25.5 Å². The molecule has 0 aromatic heterocycles. The molecule has 0 aliphatic heterocycles. The molecule has 0 aliphatic carbocycles. The number of hydrogen-bond acceptors (Lipinski definition) is 3. The molecule has 0 fully saturated rings. The topological polar surface area (TPSA) is 75.1 Å². The molecule has 0 bridgehead atoms. The molecule has 0 N–H and O–H groups in total. The van der Waals surface area contributed by atoms with Crippen LogP contribution in [0.2, 0.25) is 0 Å². The van der Waals surface area contributed by atoms with Gasteiger partial charge in [-0.05, 0) is 18.0 Å². The Morgan fingerprint density at radius 1 is 1.50 bits per heavy atom. The highest BCUT2D eigenvalue weighted by atomic mass is 32.2. The van der Waals surface area contributed by atoms with Gasteiger partial charge in [-0.1, -0.05) is 5.11 Å². The molecule has 0 aromatic rings. The molecule has 0 aromatic carbocycles. The van der Waals surface area contributed by atoms with Crippen molar-refractivity contribution in [2.24, 2.45) is 5.11 Å². The zero-order chi connectivity index (χ0) is 9.45. The van der Waals surface area contributed by atoms with Gasteiger partial charge >= 0.3 is 0 Å². The quantitative estimate of drug-likeness (QED) is 0.220. The van der Waals surface area contributed by atoms with Crippen LogP contribution in [-0.2, 0) is 14.7 Å². The molecule has 0 radical (unpaired) electrons. The summed E-state index contributed by atoms with van der Waals surface area (Å²) in [5.74, 6) is 0.587. The maximum Gasteiger partial charge on any atom is 0.0562 e. The molecule has 0 saturated carbocycles. The van der Waals surface area contributed by atoms with Gasteiger partial charge in [0.25, 0.3) is 0 Å². The van der Waals surface area contributed by atoms with E-state index < -0.39 is 9.93 Å². The van der Waals surface area contributed by atoms with E-state index in [1.54, 1.807) is 12.5 Å². The van der Waals surface area contributed by atoms with E-state index in [9.17, 15) is 4.21 Å². The van der Waals surface area contributed by atoms with E-state index >= 15 is 0 Å². The van der Waals surface area contributed by atoms with Crippen LogP contribution in [0, 0.1) is 0 Å². The minimum Gasteiger partial charge on any atom is -0.380 e. The average molecular weight is 193 g/mol. The Balaban J connectivity index is 3.22. The van der Waals surface area contributed by atoms with Gasteiger partial charge < -0.3 is 4.74 Å². The summed E-state index contributed by atoms with van der Waals surface area (Å²) in [6.07, 6.45) is 3.45. The van der Waals surface area contributed by atoms with Crippen molar-refractivity contribution < 1.29 is 8.95 Å². The molecule has 0 amide bonds. The van der Waals surface area contributed by atoms with E-state index in [-0.39, 0.29) is 0 Å². The summed E-state index contributed by atoms with van der Waals surface area (Å²) in [6.45, 7) is 1.23. The van der Waals surface area contributed by atoms with Crippen molar-refractivity contribution in [3.8, 4) is 0 Å². The molecule has 12 heavy (non-hydrogen) atoms. The second-order valence-electron chi connectivity index (χ2n) is 2.86. The Labute approximate surface area is 73.2 Å². The molecule has 0 heterocycles. The minimum atomic E-state index is -1.95. The lowest BCUT2D eigenvalue weighted by atomic mass is 10.7. The van der Waals surface area contributed by atoms with Gasteiger partial charge in [-0.2, -0.15) is 0 Å². The van der Waals surface area contributed by atoms with Crippen LogP contribution in [0.4, 0.5) is 0 Å². The largest absolute Gasteiger partial charge is 0.380 e. The highest BCUT2D eigenvalue weighted by Gasteiger charge is 1.98. The smallest absolute Gasteiger partial charge is 0.0562 e. The molecule has 0 saturated heterocycles. The van der Waals surface area contributed by atoms with Gasteiger partial charge in [0.05, 0.1) is 13.2 Å². The van der Waals surface area contributed by atoms with E-state index in [1.165, 1.54) is 0 Å². The molecular weight excluding hydrogens is 178 g/mol. The zero-order valence-electron chi connectivity index (χ0n) is 7.43. The standard InChI is InChI=1S/C6H15N3O2S/c1-12(2,10)6-5-11-4-3-8-9-7/h12H,3-6H2,1-2H3. The van der Waals surface area contributed by atoms with Crippen LogP contribution in [0.25, 0.3) is 10.4 Å². The number of hydrogen-bond donors (Lipinski definition) is 1. The predicted molar refractivity (Wildman–Crippen MR) is 51.1 cm³/mol. The van der Waals surface area contributed by atoms with Crippen molar-refractivity contribution in [3.05, 3.63) is 10.4 Å². The lowest BCUT2D eigenvalue weighted by molar-refractivity contribution is 0.157. The third-order valence-corrected chi connectivity index (χ3v) is 2.43. The van der Waals surface area contributed by atoms with Gasteiger partial charge in [0.2, 0.25) is 0 Å². The highest BCUT2D eigenvalue weighted by Crippen LogP contribution is 1.91. The average Bonchev–Trinajstić information content (AvgIpc) is 1.94. The first-order valence-electron chi connectivity index (χ1n) is 3.69. The van der Waals surface area contributed by atoms with E-state index in [0.717, 1.165) is 0 Å². The van der Waals surface area contributed by atoms with Gasteiger partial charge in [0.1, 0.15) is 0 Å². The van der Waals surface area contributed by atoms with Crippen LogP contribution in [0.15, 0.2) is 5.11 Å². The minimum absolute atomic E-state index is 0.341. The molecule has 0 aliphatic rings. The normalized spacial score (nSPS) is 12.2. The summed E-state index contributed by atoms with van der Waals surface area (Å²) in [7, 11) is -1.95. The maximum absolute atomic E-state index is 11.1. The monoisotopic (exact) mass is 193 g/mol. The first-order valence-corrected chi connectivity index (χ1v) is 6.47. The maximum atomic E-state index is 11.1. The summed E-state index contributed by atoms with van der Waals surface area (Å²) in [5.41, 5.74) is 7.91. The first-order chi connectivity index (χ1) is 5.56. The van der Waals surface area contributed by atoms with E-state index in [2.05, 4.69) is 10.0 Å². The van der Waals surface area contributed by atoms with Crippen LogP contribution in [-0.4, -0.2) is 42.2 Å². The number of thiol groups is 1. The highest BCUT2D eigenvalue weighted by molar-refractivity contribution is 8.01. The molecule has 72 valence electrons. The summed E-state index contributed by atoms with van der Waals surface area (Å²) in [6, 6.07) is 0. The van der Waals surface area contributed by atoms with Crippen molar-refractivity contribution in [2.45, 2.75) is 0 Å². The SMILES string of the molecule is C[SH](C)(=O)CCOCCN=[N+]=[N-]. The van der Waals surface area contributed by atoms with Crippen LogP contribution in [0.5, 0.6) is 0 Å². The molecule has 0 unspecified atom stereocenters. The fourth-order valence-electron chi connectivity index (χ4n) is 0.537. The number of ether oxygens (including phenoxy) is 1. The number of rotatable bonds is 6.